The Morgan fingerprint density at radius 2 is 0.896 bits per heavy atom. The highest BCUT2D eigenvalue weighted by Crippen LogP contribution is 2.34. The van der Waals surface area contributed by atoms with E-state index in [9.17, 15) is 9.59 Å². The van der Waals surface area contributed by atoms with Crippen LogP contribution in [0.4, 0.5) is 0 Å². The van der Waals surface area contributed by atoms with E-state index in [1.54, 1.807) is 0 Å². The van der Waals surface area contributed by atoms with Crippen LogP contribution in [0.5, 0.6) is 0 Å². The zero-order chi connectivity index (χ0) is 35.2. The van der Waals surface area contributed by atoms with Gasteiger partial charge in [0.05, 0.1) is 0 Å². The zero-order valence-electron chi connectivity index (χ0n) is 31.0. The first-order valence-electron chi connectivity index (χ1n) is 17.7. The molecule has 0 unspecified atom stereocenters. The largest absolute Gasteiger partial charge is 0.356 e. The van der Waals surface area contributed by atoms with Crippen LogP contribution in [0.2, 0.25) is 0 Å². The molecule has 2 aromatic rings. The van der Waals surface area contributed by atoms with Crippen molar-refractivity contribution in [1.29, 1.82) is 0 Å². The lowest BCUT2D eigenvalue weighted by molar-refractivity contribution is -0.123. The van der Waals surface area contributed by atoms with Crippen LogP contribution in [0.3, 0.4) is 0 Å². The maximum atomic E-state index is 12.7. The fraction of sp³-hybridized carbons (Fsp3) is 0.524. The molecule has 0 saturated heterocycles. The van der Waals surface area contributed by atoms with Gasteiger partial charge in [0.15, 0.2) is 0 Å². The van der Waals surface area contributed by atoms with Gasteiger partial charge in [-0.25, -0.2) is 0 Å². The summed E-state index contributed by atoms with van der Waals surface area (Å²) in [5, 5.41) is 6.21. The number of nitrogens with one attached hydrogen (secondary N) is 2. The SMILES string of the molecule is CC(C)[C@H](CC(=O)NCC(C)(C)C)C1=NC=C(c2ccc(-c3ccc(C4=CN=C([C@@H](CC(=O)NCC(C)(C)C)C(C)C)C4)cc3)cc2)C1. The van der Waals surface area contributed by atoms with Gasteiger partial charge in [-0.05, 0) is 56.1 Å². The van der Waals surface area contributed by atoms with Crippen molar-refractivity contribution in [2.45, 2.75) is 94.9 Å². The normalized spacial score (nSPS) is 16.3. The molecule has 0 spiro atoms. The first-order valence-corrected chi connectivity index (χ1v) is 17.7. The Morgan fingerprint density at radius 3 is 1.19 bits per heavy atom. The Balaban J connectivity index is 1.32. The van der Waals surface area contributed by atoms with Crippen molar-refractivity contribution in [2.24, 2.45) is 44.5 Å². The van der Waals surface area contributed by atoms with Crippen LogP contribution in [0.25, 0.3) is 22.3 Å². The smallest absolute Gasteiger partial charge is 0.220 e. The van der Waals surface area contributed by atoms with Crippen LogP contribution in [0, 0.1) is 34.5 Å². The van der Waals surface area contributed by atoms with E-state index in [4.69, 9.17) is 9.98 Å². The highest BCUT2D eigenvalue weighted by molar-refractivity contribution is 6.02. The summed E-state index contributed by atoms with van der Waals surface area (Å²) in [4.78, 5) is 35.0. The third-order valence-electron chi connectivity index (χ3n) is 9.27. The number of allylic oxidation sites excluding steroid dienone is 2. The summed E-state index contributed by atoms with van der Waals surface area (Å²) in [6.07, 6.45) is 6.47. The topological polar surface area (TPSA) is 82.9 Å². The third-order valence-corrected chi connectivity index (χ3v) is 9.27. The molecule has 0 radical (unpaired) electrons. The van der Waals surface area contributed by atoms with Gasteiger partial charge in [0, 0.05) is 74.4 Å². The van der Waals surface area contributed by atoms with Gasteiger partial charge in [0.2, 0.25) is 11.8 Å². The van der Waals surface area contributed by atoms with Crippen molar-refractivity contribution in [3.05, 3.63) is 72.1 Å². The molecular weight excluding hydrogens is 592 g/mol. The standard InChI is InChI=1S/C42H58N4O2/c1-27(2)35(21-39(47)45-25-41(5,6)7)37-19-33(23-43-37)31-15-11-29(12-16-31)30-13-17-32(18-14-30)34-20-38(44-24-34)36(28(3)4)22-40(48)46-26-42(8,9)10/h11-18,23-24,27-28,35-36H,19-22,25-26H2,1-10H3,(H,45,47)(H,46,48)/t35-,36-/m0/s1. The molecule has 6 nitrogen and oxygen atoms in total. The van der Waals surface area contributed by atoms with Crippen molar-refractivity contribution >= 4 is 34.4 Å². The summed E-state index contributed by atoms with van der Waals surface area (Å²) in [6, 6.07) is 17.4. The summed E-state index contributed by atoms with van der Waals surface area (Å²) in [6.45, 7) is 22.8. The Kier molecular flexibility index (Phi) is 12.0. The van der Waals surface area contributed by atoms with E-state index in [-0.39, 0.29) is 34.5 Å². The predicted molar refractivity (Wildman–Crippen MR) is 203 cm³/mol. The lowest BCUT2D eigenvalue weighted by atomic mass is 9.84. The molecular formula is C42H58N4O2. The van der Waals surface area contributed by atoms with Crippen LogP contribution in [0.15, 0.2) is 70.9 Å². The average molecular weight is 651 g/mol. The molecule has 4 rings (SSSR count). The van der Waals surface area contributed by atoms with Gasteiger partial charge in [0.25, 0.3) is 0 Å². The molecule has 48 heavy (non-hydrogen) atoms. The van der Waals surface area contributed by atoms with Crippen LogP contribution >= 0.6 is 0 Å². The summed E-state index contributed by atoms with van der Waals surface area (Å²) < 4.78 is 0. The fourth-order valence-electron chi connectivity index (χ4n) is 6.20. The van der Waals surface area contributed by atoms with E-state index in [1.165, 1.54) is 33.4 Å². The van der Waals surface area contributed by atoms with Crippen LogP contribution in [-0.4, -0.2) is 36.3 Å². The number of hydrogen-bond acceptors (Lipinski definition) is 4. The summed E-state index contributed by atoms with van der Waals surface area (Å²) in [5.74, 6) is 1.12. The Morgan fingerprint density at radius 1 is 0.583 bits per heavy atom. The van der Waals surface area contributed by atoms with Crippen molar-refractivity contribution in [3.63, 3.8) is 0 Å². The molecule has 0 fully saturated rings. The molecule has 6 heteroatoms. The van der Waals surface area contributed by atoms with Gasteiger partial charge >= 0.3 is 0 Å². The number of nitrogens with zero attached hydrogens (tertiary/aromatic N) is 2. The fourth-order valence-corrected chi connectivity index (χ4v) is 6.20. The van der Waals surface area contributed by atoms with E-state index in [0.717, 1.165) is 24.3 Å². The van der Waals surface area contributed by atoms with Gasteiger partial charge < -0.3 is 10.6 Å². The number of rotatable bonds is 13. The Labute approximate surface area is 289 Å². The second kappa shape index (κ2) is 15.6. The molecule has 2 amide bonds. The number of amides is 2. The molecule has 258 valence electrons. The van der Waals surface area contributed by atoms with E-state index in [2.05, 4.69) is 128 Å². The second-order valence-corrected chi connectivity index (χ2v) is 16.8. The van der Waals surface area contributed by atoms with Gasteiger partial charge in [-0.1, -0.05) is 118 Å². The first kappa shape index (κ1) is 37.0. The van der Waals surface area contributed by atoms with Crippen molar-refractivity contribution in [1.82, 2.24) is 10.6 Å². The maximum Gasteiger partial charge on any atom is 0.220 e. The number of carbonyl (C=O) groups excluding carboxylic acids is 2. The molecule has 2 atom stereocenters. The molecule has 2 aromatic carbocycles. The van der Waals surface area contributed by atoms with Gasteiger partial charge in [-0.15, -0.1) is 0 Å². The Bertz CT molecular complexity index is 1440. The third kappa shape index (κ3) is 10.6. The maximum absolute atomic E-state index is 12.7. The van der Waals surface area contributed by atoms with Crippen LogP contribution in [0.1, 0.15) is 106 Å². The van der Waals surface area contributed by atoms with Crippen LogP contribution < -0.4 is 10.6 Å². The monoisotopic (exact) mass is 650 g/mol. The molecule has 2 aliphatic heterocycles. The molecule has 0 aromatic heterocycles. The average Bonchev–Trinajstić information content (AvgIpc) is 3.71. The van der Waals surface area contributed by atoms with Crippen LogP contribution in [-0.2, 0) is 9.59 Å². The lowest BCUT2D eigenvalue weighted by Crippen LogP contribution is -2.35. The highest BCUT2D eigenvalue weighted by Gasteiger charge is 2.28. The highest BCUT2D eigenvalue weighted by atomic mass is 16.2. The van der Waals surface area contributed by atoms with E-state index >= 15 is 0 Å². The molecule has 0 aliphatic carbocycles. The number of carbonyl (C=O) groups is 2. The minimum atomic E-state index is 0.0633. The van der Waals surface area contributed by atoms with Crippen molar-refractivity contribution in [3.8, 4) is 11.1 Å². The minimum absolute atomic E-state index is 0.0633. The summed E-state index contributed by atoms with van der Waals surface area (Å²) in [5.41, 5.74) is 9.39. The second-order valence-electron chi connectivity index (χ2n) is 16.8. The molecule has 2 N–H and O–H groups in total. The number of hydrogen-bond donors (Lipinski definition) is 2. The molecule has 0 saturated carbocycles. The lowest BCUT2D eigenvalue weighted by Gasteiger charge is -2.23. The first-order chi connectivity index (χ1) is 22.5. The Hall–Kier alpha value is -3.80. The van der Waals surface area contributed by atoms with E-state index in [1.807, 2.05) is 12.4 Å². The molecule has 2 heterocycles. The number of aliphatic imine (C=N–C) groups is 2. The van der Waals surface area contributed by atoms with Crippen molar-refractivity contribution < 1.29 is 9.59 Å². The molecule has 0 bridgehead atoms. The summed E-state index contributed by atoms with van der Waals surface area (Å²) >= 11 is 0. The molecule has 2 aliphatic rings. The van der Waals surface area contributed by atoms with Gasteiger partial charge in [-0.3, -0.25) is 19.6 Å². The van der Waals surface area contributed by atoms with Gasteiger partial charge in [-0.2, -0.15) is 0 Å². The number of benzene rings is 2. The predicted octanol–water partition coefficient (Wildman–Crippen LogP) is 9.37. The zero-order valence-corrected chi connectivity index (χ0v) is 31.0. The van der Waals surface area contributed by atoms with Gasteiger partial charge in [0.1, 0.15) is 0 Å². The quantitative estimate of drug-likeness (QED) is 0.226. The summed E-state index contributed by atoms with van der Waals surface area (Å²) in [7, 11) is 0. The van der Waals surface area contributed by atoms with Crippen molar-refractivity contribution in [2.75, 3.05) is 13.1 Å². The van der Waals surface area contributed by atoms with E-state index in [0.29, 0.717) is 37.8 Å². The minimum Gasteiger partial charge on any atom is -0.356 e. The van der Waals surface area contributed by atoms with E-state index < -0.39 is 0 Å².